The van der Waals surface area contributed by atoms with Crippen LogP contribution in [0, 0.1) is 13.8 Å². The molecule has 2 N–H and O–H groups in total. The molecule has 0 atom stereocenters. The number of anilines is 1. The van der Waals surface area contributed by atoms with E-state index in [1.54, 1.807) is 0 Å². The summed E-state index contributed by atoms with van der Waals surface area (Å²) in [5, 5.41) is 7.17. The summed E-state index contributed by atoms with van der Waals surface area (Å²) in [6.07, 6.45) is 0.848. The third-order valence-electron chi connectivity index (χ3n) is 3.95. The molecule has 0 aromatic heterocycles. The Morgan fingerprint density at radius 1 is 0.962 bits per heavy atom. The number of aryl methyl sites for hydroxylation is 2. The Morgan fingerprint density at radius 3 is 2.42 bits per heavy atom. The number of thiocarbonyl (C=S) groups is 1. The molecule has 0 bridgehead atoms. The zero-order valence-corrected chi connectivity index (χ0v) is 16.8. The lowest BCUT2D eigenvalue weighted by molar-refractivity contribution is 0.287. The van der Waals surface area contributed by atoms with Gasteiger partial charge in [-0.1, -0.05) is 18.2 Å². The van der Waals surface area contributed by atoms with Gasteiger partial charge in [0.25, 0.3) is 0 Å². The van der Waals surface area contributed by atoms with E-state index in [9.17, 15) is 0 Å². The maximum atomic E-state index is 5.68. The van der Waals surface area contributed by atoms with Crippen molar-refractivity contribution in [3.8, 4) is 11.5 Å². The average molecular weight is 373 g/mol. The van der Waals surface area contributed by atoms with E-state index in [0.29, 0.717) is 18.3 Å². The monoisotopic (exact) mass is 372 g/mol. The average Bonchev–Trinajstić information content (AvgIpc) is 2.61. The highest BCUT2D eigenvalue weighted by atomic mass is 32.1. The number of hydrogen-bond acceptors (Lipinski definition) is 3. The predicted octanol–water partition coefficient (Wildman–Crippen LogP) is 4.63. The van der Waals surface area contributed by atoms with Crippen LogP contribution in [-0.2, 0) is 6.42 Å². The number of hydrogen-bond donors (Lipinski definition) is 2. The van der Waals surface area contributed by atoms with Crippen LogP contribution in [0.25, 0.3) is 0 Å². The quantitative estimate of drug-likeness (QED) is 0.661. The summed E-state index contributed by atoms with van der Waals surface area (Å²) >= 11 is 5.41. The Kier molecular flexibility index (Phi) is 7.73. The van der Waals surface area contributed by atoms with E-state index in [1.165, 1.54) is 16.7 Å². The van der Waals surface area contributed by atoms with Gasteiger partial charge in [0.2, 0.25) is 0 Å². The van der Waals surface area contributed by atoms with Crippen LogP contribution in [-0.4, -0.2) is 24.9 Å². The third kappa shape index (κ3) is 5.92. The molecule has 0 spiro atoms. The zero-order valence-electron chi connectivity index (χ0n) is 16.0. The molecular weight excluding hydrogens is 344 g/mol. The maximum absolute atomic E-state index is 5.68. The first-order chi connectivity index (χ1) is 12.5. The van der Waals surface area contributed by atoms with Gasteiger partial charge in [-0.15, -0.1) is 0 Å². The fourth-order valence-corrected chi connectivity index (χ4v) is 2.82. The van der Waals surface area contributed by atoms with Gasteiger partial charge in [0.1, 0.15) is 0 Å². The van der Waals surface area contributed by atoms with Crippen molar-refractivity contribution in [2.24, 2.45) is 0 Å². The van der Waals surface area contributed by atoms with Gasteiger partial charge in [0.15, 0.2) is 16.6 Å². The first-order valence-corrected chi connectivity index (χ1v) is 9.45. The van der Waals surface area contributed by atoms with E-state index in [4.69, 9.17) is 21.7 Å². The molecule has 2 aromatic rings. The fourth-order valence-electron chi connectivity index (χ4n) is 2.61. The van der Waals surface area contributed by atoms with Crippen molar-refractivity contribution in [3.63, 3.8) is 0 Å². The van der Waals surface area contributed by atoms with Crippen molar-refractivity contribution in [1.82, 2.24) is 5.32 Å². The fraction of sp³-hybridized carbons (Fsp3) is 0.381. The van der Waals surface area contributed by atoms with Gasteiger partial charge in [0.05, 0.1) is 13.2 Å². The summed E-state index contributed by atoms with van der Waals surface area (Å²) in [5.41, 5.74) is 4.60. The SMILES string of the molecule is CCOc1ccc(CCNC(=S)Nc2cc(C)ccc2C)cc1OCC. The van der Waals surface area contributed by atoms with Gasteiger partial charge in [-0.05, 0) is 81.2 Å². The molecule has 0 heterocycles. The van der Waals surface area contributed by atoms with Crippen LogP contribution >= 0.6 is 12.2 Å². The lowest BCUT2D eigenvalue weighted by Gasteiger charge is -2.14. The standard InChI is InChI=1S/C21H28N2O2S/c1-5-24-19-10-9-17(14-20(19)25-6-2)11-12-22-21(26)23-18-13-15(3)7-8-16(18)4/h7-10,13-14H,5-6,11-12H2,1-4H3,(H2,22,23,26). The minimum Gasteiger partial charge on any atom is -0.490 e. The Bertz CT molecular complexity index is 747. The van der Waals surface area contributed by atoms with Crippen LogP contribution in [0.2, 0.25) is 0 Å². The molecule has 2 rings (SSSR count). The van der Waals surface area contributed by atoms with E-state index < -0.39 is 0 Å². The summed E-state index contributed by atoms with van der Waals surface area (Å²) < 4.78 is 11.3. The zero-order chi connectivity index (χ0) is 18.9. The Labute approximate surface area is 161 Å². The summed E-state index contributed by atoms with van der Waals surface area (Å²) in [7, 11) is 0. The first-order valence-electron chi connectivity index (χ1n) is 9.04. The topological polar surface area (TPSA) is 42.5 Å². The van der Waals surface area contributed by atoms with Crippen LogP contribution in [0.5, 0.6) is 11.5 Å². The minimum atomic E-state index is 0.617. The van der Waals surface area contributed by atoms with E-state index >= 15 is 0 Å². The molecule has 0 saturated carbocycles. The van der Waals surface area contributed by atoms with Crippen molar-refractivity contribution >= 4 is 23.0 Å². The molecule has 2 aromatic carbocycles. The predicted molar refractivity (Wildman–Crippen MR) is 113 cm³/mol. The number of ether oxygens (including phenoxy) is 2. The second-order valence-electron chi connectivity index (χ2n) is 6.10. The van der Waals surface area contributed by atoms with Crippen molar-refractivity contribution in [2.45, 2.75) is 34.1 Å². The molecule has 0 aliphatic rings. The van der Waals surface area contributed by atoms with E-state index in [2.05, 4.69) is 48.7 Å². The van der Waals surface area contributed by atoms with Gasteiger partial charge in [-0.25, -0.2) is 0 Å². The van der Waals surface area contributed by atoms with Gasteiger partial charge in [-0.2, -0.15) is 0 Å². The lowest BCUT2D eigenvalue weighted by atomic mass is 10.1. The molecule has 0 radical (unpaired) electrons. The highest BCUT2D eigenvalue weighted by Gasteiger charge is 2.07. The van der Waals surface area contributed by atoms with E-state index in [-0.39, 0.29) is 0 Å². The van der Waals surface area contributed by atoms with Gasteiger partial charge < -0.3 is 20.1 Å². The molecule has 0 aliphatic heterocycles. The minimum absolute atomic E-state index is 0.617. The summed E-state index contributed by atoms with van der Waals surface area (Å²) in [5.74, 6) is 1.58. The molecular formula is C21H28N2O2S. The maximum Gasteiger partial charge on any atom is 0.170 e. The smallest absolute Gasteiger partial charge is 0.170 e. The van der Waals surface area contributed by atoms with Crippen molar-refractivity contribution < 1.29 is 9.47 Å². The van der Waals surface area contributed by atoms with Gasteiger partial charge in [0, 0.05) is 12.2 Å². The van der Waals surface area contributed by atoms with Crippen molar-refractivity contribution in [1.29, 1.82) is 0 Å². The molecule has 0 saturated heterocycles. The van der Waals surface area contributed by atoms with Crippen LogP contribution in [0.15, 0.2) is 36.4 Å². The Balaban J connectivity index is 1.89. The van der Waals surface area contributed by atoms with Crippen molar-refractivity contribution in [3.05, 3.63) is 53.1 Å². The molecule has 5 heteroatoms. The molecule has 4 nitrogen and oxygen atoms in total. The third-order valence-corrected chi connectivity index (χ3v) is 4.19. The normalized spacial score (nSPS) is 10.3. The molecule has 0 amide bonds. The molecule has 140 valence electrons. The largest absolute Gasteiger partial charge is 0.490 e. The highest BCUT2D eigenvalue weighted by molar-refractivity contribution is 7.80. The molecule has 0 aliphatic carbocycles. The van der Waals surface area contributed by atoms with Gasteiger partial charge in [-0.3, -0.25) is 0 Å². The van der Waals surface area contributed by atoms with Crippen molar-refractivity contribution in [2.75, 3.05) is 25.1 Å². The second kappa shape index (κ2) is 10.0. The Hall–Kier alpha value is -2.27. The number of rotatable bonds is 8. The summed E-state index contributed by atoms with van der Waals surface area (Å²) in [6.45, 7) is 10.1. The molecule has 0 fully saturated rings. The lowest BCUT2D eigenvalue weighted by Crippen LogP contribution is -2.30. The first kappa shape index (κ1) is 20.0. The summed E-state index contributed by atoms with van der Waals surface area (Å²) in [6, 6.07) is 12.4. The van der Waals surface area contributed by atoms with Gasteiger partial charge >= 0.3 is 0 Å². The number of benzene rings is 2. The molecule has 26 heavy (non-hydrogen) atoms. The van der Waals surface area contributed by atoms with Crippen LogP contribution in [0.3, 0.4) is 0 Å². The van der Waals surface area contributed by atoms with Crippen LogP contribution in [0.4, 0.5) is 5.69 Å². The number of nitrogens with one attached hydrogen (secondary N) is 2. The van der Waals surface area contributed by atoms with E-state index in [0.717, 1.165) is 30.2 Å². The highest BCUT2D eigenvalue weighted by Crippen LogP contribution is 2.28. The van der Waals surface area contributed by atoms with Crippen LogP contribution < -0.4 is 20.1 Å². The summed E-state index contributed by atoms with van der Waals surface area (Å²) in [4.78, 5) is 0. The van der Waals surface area contributed by atoms with Crippen LogP contribution in [0.1, 0.15) is 30.5 Å². The van der Waals surface area contributed by atoms with E-state index in [1.807, 2.05) is 26.0 Å². The molecule has 0 unspecified atom stereocenters. The Morgan fingerprint density at radius 2 is 1.69 bits per heavy atom. The second-order valence-corrected chi connectivity index (χ2v) is 6.50.